The summed E-state index contributed by atoms with van der Waals surface area (Å²) in [5.74, 6) is 1.39. The Hall–Kier alpha value is -3.28. The molecule has 0 saturated carbocycles. The lowest BCUT2D eigenvalue weighted by molar-refractivity contribution is -0.121. The van der Waals surface area contributed by atoms with Gasteiger partial charge in [0.25, 0.3) is 0 Å². The number of amides is 1. The summed E-state index contributed by atoms with van der Waals surface area (Å²) in [6.07, 6.45) is 3.70. The summed E-state index contributed by atoms with van der Waals surface area (Å²) >= 11 is 0. The van der Waals surface area contributed by atoms with Crippen LogP contribution in [0.4, 0.5) is 0 Å². The highest BCUT2D eigenvalue weighted by Crippen LogP contribution is 2.27. The Labute approximate surface area is 165 Å². The number of methoxy groups -OCH3 is 2. The van der Waals surface area contributed by atoms with Crippen molar-refractivity contribution in [3.05, 3.63) is 72.1 Å². The normalized spacial score (nSPS) is 10.5. The zero-order chi connectivity index (χ0) is 19.8. The molecule has 0 spiro atoms. The summed E-state index contributed by atoms with van der Waals surface area (Å²) < 4.78 is 12.4. The Kier molecular flexibility index (Phi) is 6.68. The van der Waals surface area contributed by atoms with Crippen molar-refractivity contribution in [3.63, 3.8) is 0 Å². The van der Waals surface area contributed by atoms with Crippen LogP contribution in [0.5, 0.6) is 11.5 Å². The topological polar surface area (TPSA) is 65.4 Å². The molecule has 146 valence electrons. The second-order valence-corrected chi connectivity index (χ2v) is 6.38. The highest BCUT2D eigenvalue weighted by atomic mass is 16.5. The first-order valence-electron chi connectivity index (χ1n) is 9.27. The molecule has 1 N–H and O–H groups in total. The fourth-order valence-electron chi connectivity index (χ4n) is 2.93. The molecule has 0 atom stereocenters. The van der Waals surface area contributed by atoms with Crippen LogP contribution in [0.1, 0.15) is 17.7 Å². The summed E-state index contributed by atoms with van der Waals surface area (Å²) in [7, 11) is 3.21. The van der Waals surface area contributed by atoms with Crippen LogP contribution in [-0.4, -0.2) is 36.5 Å². The molecule has 0 radical (unpaired) electrons. The van der Waals surface area contributed by atoms with Crippen LogP contribution in [0, 0.1) is 0 Å². The molecule has 2 aromatic carbocycles. The summed E-state index contributed by atoms with van der Waals surface area (Å²) in [6, 6.07) is 17.6. The molecule has 1 amide bonds. The molecule has 6 nitrogen and oxygen atoms in total. The molecule has 0 aliphatic carbocycles. The van der Waals surface area contributed by atoms with E-state index < -0.39 is 0 Å². The Morgan fingerprint density at radius 1 is 1.00 bits per heavy atom. The number of rotatable bonds is 9. The number of ether oxygens (including phenoxy) is 2. The largest absolute Gasteiger partial charge is 0.493 e. The van der Waals surface area contributed by atoms with Gasteiger partial charge in [0.15, 0.2) is 11.5 Å². The average molecular weight is 379 g/mol. The maximum absolute atomic E-state index is 12.1. The highest BCUT2D eigenvalue weighted by Gasteiger charge is 2.07. The molecule has 0 saturated heterocycles. The predicted octanol–water partition coefficient (Wildman–Crippen LogP) is 3.18. The maximum atomic E-state index is 12.1. The number of carbonyl (C=O) groups excluding carboxylic acids is 1. The van der Waals surface area contributed by atoms with Crippen molar-refractivity contribution < 1.29 is 14.3 Å². The third kappa shape index (κ3) is 5.13. The Morgan fingerprint density at radius 3 is 2.54 bits per heavy atom. The summed E-state index contributed by atoms with van der Waals surface area (Å²) in [5, 5.41) is 7.50. The average Bonchev–Trinajstić information content (AvgIpc) is 3.21. The van der Waals surface area contributed by atoms with E-state index in [2.05, 4.69) is 10.4 Å². The standard InChI is InChI=1S/C22H25N3O3/c1-27-20-10-8-17(16-21(20)28-2)9-11-22(26)23-14-12-18-13-15-25(24-18)19-6-4-3-5-7-19/h3-8,10,13,15-16H,9,11-12,14H2,1-2H3,(H,23,26). The molecular weight excluding hydrogens is 354 g/mol. The lowest BCUT2D eigenvalue weighted by atomic mass is 10.1. The second-order valence-electron chi connectivity index (χ2n) is 6.38. The molecule has 0 unspecified atom stereocenters. The fourth-order valence-corrected chi connectivity index (χ4v) is 2.93. The van der Waals surface area contributed by atoms with Gasteiger partial charge in [0, 0.05) is 25.6 Å². The van der Waals surface area contributed by atoms with Crippen molar-refractivity contribution in [1.82, 2.24) is 15.1 Å². The lowest BCUT2D eigenvalue weighted by Crippen LogP contribution is -2.26. The van der Waals surface area contributed by atoms with E-state index in [0.29, 0.717) is 37.3 Å². The maximum Gasteiger partial charge on any atom is 0.220 e. The van der Waals surface area contributed by atoms with Gasteiger partial charge in [-0.05, 0) is 42.3 Å². The molecule has 3 rings (SSSR count). The van der Waals surface area contributed by atoms with Crippen LogP contribution >= 0.6 is 0 Å². The Morgan fingerprint density at radius 2 is 1.79 bits per heavy atom. The SMILES string of the molecule is COc1ccc(CCC(=O)NCCc2ccn(-c3ccccc3)n2)cc1OC. The zero-order valence-electron chi connectivity index (χ0n) is 16.2. The molecule has 0 aliphatic heterocycles. The number of aromatic nitrogens is 2. The monoisotopic (exact) mass is 379 g/mol. The minimum atomic E-state index is 0.0253. The van der Waals surface area contributed by atoms with E-state index in [-0.39, 0.29) is 5.91 Å². The van der Waals surface area contributed by atoms with Gasteiger partial charge in [-0.25, -0.2) is 4.68 Å². The summed E-state index contributed by atoms with van der Waals surface area (Å²) in [6.45, 7) is 0.566. The van der Waals surface area contributed by atoms with Crippen molar-refractivity contribution in [3.8, 4) is 17.2 Å². The van der Waals surface area contributed by atoms with Crippen molar-refractivity contribution in [2.75, 3.05) is 20.8 Å². The molecular formula is C22H25N3O3. The van der Waals surface area contributed by atoms with Gasteiger partial charge in [-0.15, -0.1) is 0 Å². The van der Waals surface area contributed by atoms with E-state index in [9.17, 15) is 4.79 Å². The van der Waals surface area contributed by atoms with Gasteiger partial charge < -0.3 is 14.8 Å². The van der Waals surface area contributed by atoms with Gasteiger partial charge in [0.05, 0.1) is 25.6 Å². The van der Waals surface area contributed by atoms with Crippen molar-refractivity contribution in [1.29, 1.82) is 0 Å². The van der Waals surface area contributed by atoms with Gasteiger partial charge in [0.1, 0.15) is 0 Å². The fraction of sp³-hybridized carbons (Fsp3) is 0.273. The minimum Gasteiger partial charge on any atom is -0.493 e. The van der Waals surface area contributed by atoms with Crippen molar-refractivity contribution in [2.45, 2.75) is 19.3 Å². The van der Waals surface area contributed by atoms with E-state index in [4.69, 9.17) is 9.47 Å². The number of benzene rings is 2. The van der Waals surface area contributed by atoms with Crippen LogP contribution in [0.15, 0.2) is 60.8 Å². The third-order valence-electron chi connectivity index (χ3n) is 4.46. The highest BCUT2D eigenvalue weighted by molar-refractivity contribution is 5.76. The summed E-state index contributed by atoms with van der Waals surface area (Å²) in [4.78, 5) is 12.1. The predicted molar refractivity (Wildman–Crippen MR) is 108 cm³/mol. The second kappa shape index (κ2) is 9.60. The number of para-hydroxylation sites is 1. The van der Waals surface area contributed by atoms with Gasteiger partial charge in [0.2, 0.25) is 5.91 Å². The van der Waals surface area contributed by atoms with E-state index in [0.717, 1.165) is 16.9 Å². The van der Waals surface area contributed by atoms with E-state index in [1.165, 1.54) is 0 Å². The van der Waals surface area contributed by atoms with Crippen LogP contribution in [-0.2, 0) is 17.6 Å². The number of hydrogen-bond acceptors (Lipinski definition) is 4. The van der Waals surface area contributed by atoms with Crippen LogP contribution in [0.3, 0.4) is 0 Å². The molecule has 0 fully saturated rings. The molecule has 3 aromatic rings. The number of hydrogen-bond donors (Lipinski definition) is 1. The smallest absolute Gasteiger partial charge is 0.220 e. The third-order valence-corrected chi connectivity index (χ3v) is 4.46. The van der Waals surface area contributed by atoms with Crippen molar-refractivity contribution in [2.24, 2.45) is 0 Å². The molecule has 1 heterocycles. The van der Waals surface area contributed by atoms with Crippen LogP contribution in [0.25, 0.3) is 5.69 Å². The van der Waals surface area contributed by atoms with Gasteiger partial charge >= 0.3 is 0 Å². The van der Waals surface area contributed by atoms with Gasteiger partial charge in [-0.1, -0.05) is 24.3 Å². The first-order chi connectivity index (χ1) is 13.7. The van der Waals surface area contributed by atoms with Gasteiger partial charge in [-0.2, -0.15) is 5.10 Å². The number of nitrogens with one attached hydrogen (secondary N) is 1. The Bertz CT molecular complexity index is 906. The van der Waals surface area contributed by atoms with Crippen molar-refractivity contribution >= 4 is 5.91 Å². The van der Waals surface area contributed by atoms with Crippen LogP contribution in [0.2, 0.25) is 0 Å². The van der Waals surface area contributed by atoms with Crippen LogP contribution < -0.4 is 14.8 Å². The number of nitrogens with zero attached hydrogens (tertiary/aromatic N) is 2. The number of aryl methyl sites for hydroxylation is 1. The van der Waals surface area contributed by atoms with E-state index >= 15 is 0 Å². The lowest BCUT2D eigenvalue weighted by Gasteiger charge is -2.09. The molecule has 6 heteroatoms. The molecule has 0 aliphatic rings. The molecule has 1 aromatic heterocycles. The summed E-state index contributed by atoms with van der Waals surface area (Å²) in [5.41, 5.74) is 3.01. The van der Waals surface area contributed by atoms with E-state index in [1.54, 1.807) is 14.2 Å². The first-order valence-corrected chi connectivity index (χ1v) is 9.27. The zero-order valence-corrected chi connectivity index (χ0v) is 16.2. The van der Waals surface area contributed by atoms with Gasteiger partial charge in [-0.3, -0.25) is 4.79 Å². The number of carbonyl (C=O) groups is 1. The van der Waals surface area contributed by atoms with E-state index in [1.807, 2.05) is 65.5 Å². The molecule has 0 bridgehead atoms. The Balaban J connectivity index is 1.43. The minimum absolute atomic E-state index is 0.0253. The molecule has 28 heavy (non-hydrogen) atoms. The quantitative estimate of drug-likeness (QED) is 0.620. The first kappa shape index (κ1) is 19.5.